The molecule has 0 fully saturated rings. The summed E-state index contributed by atoms with van der Waals surface area (Å²) in [6.45, 7) is 1.74. The van der Waals surface area contributed by atoms with E-state index in [9.17, 15) is 14.4 Å². The van der Waals surface area contributed by atoms with Crippen molar-refractivity contribution in [3.05, 3.63) is 27.2 Å². The number of halogens is 1. The number of fused-ring (bicyclic) bond motifs is 1. The lowest BCUT2D eigenvalue weighted by atomic mass is 10.2. The number of Topliss-reactive ketones (excluding diaryl/α,β-unsaturated/α-hetero) is 1. The van der Waals surface area contributed by atoms with E-state index in [2.05, 4.69) is 20.9 Å². The Bertz CT molecular complexity index is 802. The van der Waals surface area contributed by atoms with Crippen LogP contribution in [0.5, 0.6) is 0 Å². The van der Waals surface area contributed by atoms with Crippen molar-refractivity contribution in [2.24, 2.45) is 14.1 Å². The second-order valence-corrected chi connectivity index (χ2v) is 6.42. The van der Waals surface area contributed by atoms with Crippen LogP contribution in [0.15, 0.2) is 15.9 Å². The smallest absolute Gasteiger partial charge is 0.328 e. The molecule has 2 rings (SSSR count). The van der Waals surface area contributed by atoms with Crippen molar-refractivity contribution >= 4 is 32.9 Å². The van der Waals surface area contributed by atoms with E-state index in [4.69, 9.17) is 0 Å². The van der Waals surface area contributed by atoms with Crippen LogP contribution in [0.2, 0.25) is 0 Å². The zero-order chi connectivity index (χ0) is 15.7. The molecule has 0 amide bonds. The van der Waals surface area contributed by atoms with E-state index in [-0.39, 0.29) is 22.7 Å². The minimum absolute atomic E-state index is 0.0850. The van der Waals surface area contributed by atoms with Crippen LogP contribution >= 0.6 is 15.9 Å². The Morgan fingerprint density at radius 3 is 2.67 bits per heavy atom. The van der Waals surface area contributed by atoms with Gasteiger partial charge in [0.05, 0.1) is 6.33 Å². The third kappa shape index (κ3) is 2.99. The van der Waals surface area contributed by atoms with Gasteiger partial charge >= 0.3 is 5.69 Å². The average molecular weight is 357 g/mol. The Balaban J connectivity index is 2.45. The summed E-state index contributed by atoms with van der Waals surface area (Å²) >= 11 is 3.43. The van der Waals surface area contributed by atoms with Gasteiger partial charge in [-0.15, -0.1) is 0 Å². The number of hydrogen-bond acceptors (Lipinski definition) is 4. The van der Waals surface area contributed by atoms with Crippen LogP contribution in [-0.4, -0.2) is 29.3 Å². The van der Waals surface area contributed by atoms with Crippen LogP contribution in [-0.2, 0) is 25.4 Å². The molecular weight excluding hydrogens is 340 g/mol. The highest BCUT2D eigenvalue weighted by atomic mass is 79.9. The molecule has 1 unspecified atom stereocenters. The van der Waals surface area contributed by atoms with Gasteiger partial charge in [-0.05, 0) is 13.3 Å². The van der Waals surface area contributed by atoms with Gasteiger partial charge in [-0.3, -0.25) is 13.9 Å². The number of carbonyl (C=O) groups excluding carboxylic acids is 1. The number of imidazole rings is 1. The molecule has 0 radical (unpaired) electrons. The fourth-order valence-electron chi connectivity index (χ4n) is 2.21. The lowest BCUT2D eigenvalue weighted by Gasteiger charge is -2.12. The molecular formula is C13H17BrN4O3. The fourth-order valence-corrected chi connectivity index (χ4v) is 2.72. The largest absolute Gasteiger partial charge is 0.332 e. The first-order valence-corrected chi connectivity index (χ1v) is 7.49. The number of nitrogens with zero attached hydrogens (tertiary/aromatic N) is 4. The van der Waals surface area contributed by atoms with Crippen molar-refractivity contribution in [1.82, 2.24) is 18.7 Å². The van der Waals surface area contributed by atoms with Crippen molar-refractivity contribution in [1.29, 1.82) is 0 Å². The first-order chi connectivity index (χ1) is 9.82. The first-order valence-electron chi connectivity index (χ1n) is 6.57. The molecule has 2 heterocycles. The third-order valence-corrected chi connectivity index (χ3v) is 4.14. The zero-order valence-electron chi connectivity index (χ0n) is 12.2. The Morgan fingerprint density at radius 2 is 2.05 bits per heavy atom. The van der Waals surface area contributed by atoms with Gasteiger partial charge in [0.1, 0.15) is 5.78 Å². The van der Waals surface area contributed by atoms with Gasteiger partial charge in [0, 0.05) is 31.9 Å². The summed E-state index contributed by atoms with van der Waals surface area (Å²) in [4.78, 5) is 39.7. The van der Waals surface area contributed by atoms with Crippen LogP contribution < -0.4 is 11.2 Å². The summed E-state index contributed by atoms with van der Waals surface area (Å²) in [5.41, 5.74) is 0.000765. The maximum absolute atomic E-state index is 12.5. The van der Waals surface area contributed by atoms with Crippen molar-refractivity contribution in [2.75, 3.05) is 0 Å². The molecule has 0 spiro atoms. The van der Waals surface area contributed by atoms with Gasteiger partial charge in [0.15, 0.2) is 11.2 Å². The Hall–Kier alpha value is -1.70. The van der Waals surface area contributed by atoms with Crippen LogP contribution in [0.25, 0.3) is 11.2 Å². The van der Waals surface area contributed by atoms with Crippen molar-refractivity contribution in [2.45, 2.75) is 31.1 Å². The summed E-state index contributed by atoms with van der Waals surface area (Å²) in [5, 5.41) is 0. The van der Waals surface area contributed by atoms with Crippen molar-refractivity contribution < 1.29 is 4.79 Å². The maximum Gasteiger partial charge on any atom is 0.332 e. The van der Waals surface area contributed by atoms with Gasteiger partial charge in [-0.25, -0.2) is 9.78 Å². The second kappa shape index (κ2) is 5.97. The van der Waals surface area contributed by atoms with E-state index in [1.807, 2.05) is 0 Å². The minimum atomic E-state index is -0.404. The Morgan fingerprint density at radius 1 is 1.38 bits per heavy atom. The molecule has 0 saturated heterocycles. The monoisotopic (exact) mass is 356 g/mol. The van der Waals surface area contributed by atoms with E-state index in [1.165, 1.54) is 22.4 Å². The number of rotatable bonds is 5. The Labute approximate surface area is 129 Å². The highest BCUT2D eigenvalue weighted by Gasteiger charge is 2.17. The summed E-state index contributed by atoms with van der Waals surface area (Å²) < 4.78 is 4.15. The van der Waals surface area contributed by atoms with Gasteiger partial charge in [0.2, 0.25) is 0 Å². The van der Waals surface area contributed by atoms with Gasteiger partial charge < -0.3 is 9.36 Å². The summed E-state index contributed by atoms with van der Waals surface area (Å²) in [5.74, 6) is 0.0850. The van der Waals surface area contributed by atoms with E-state index in [1.54, 1.807) is 18.7 Å². The highest BCUT2D eigenvalue weighted by molar-refractivity contribution is 9.09. The van der Waals surface area contributed by atoms with E-state index < -0.39 is 5.69 Å². The van der Waals surface area contributed by atoms with Crippen LogP contribution in [0.1, 0.15) is 19.8 Å². The number of alkyl halides is 1. The number of carbonyl (C=O) groups is 1. The minimum Gasteiger partial charge on any atom is -0.328 e. The summed E-state index contributed by atoms with van der Waals surface area (Å²) in [7, 11) is 3.30. The second-order valence-electron chi connectivity index (χ2n) is 5.12. The van der Waals surface area contributed by atoms with Crippen LogP contribution in [0.3, 0.4) is 0 Å². The molecule has 21 heavy (non-hydrogen) atoms. The fraction of sp³-hybridized carbons (Fsp3) is 0.538. The van der Waals surface area contributed by atoms with E-state index >= 15 is 0 Å². The quantitative estimate of drug-likeness (QED) is 0.733. The normalized spacial score (nSPS) is 12.8. The molecule has 2 aromatic heterocycles. The molecule has 8 heteroatoms. The lowest BCUT2D eigenvalue weighted by Crippen LogP contribution is -2.41. The predicted octanol–water partition coefficient (Wildman–Crippen LogP) is 0.566. The molecule has 0 aliphatic heterocycles. The maximum atomic E-state index is 12.5. The molecule has 0 bridgehead atoms. The number of hydrogen-bond donors (Lipinski definition) is 0. The van der Waals surface area contributed by atoms with Gasteiger partial charge in [-0.2, -0.15) is 0 Å². The topological polar surface area (TPSA) is 78.9 Å². The van der Waals surface area contributed by atoms with Crippen LogP contribution in [0.4, 0.5) is 0 Å². The number of ketones is 1. The van der Waals surface area contributed by atoms with Crippen molar-refractivity contribution in [3.63, 3.8) is 0 Å². The summed E-state index contributed by atoms with van der Waals surface area (Å²) in [6, 6.07) is 0. The Kier molecular flexibility index (Phi) is 4.46. The third-order valence-electron chi connectivity index (χ3n) is 3.39. The molecule has 0 N–H and O–H groups in total. The zero-order valence-corrected chi connectivity index (χ0v) is 13.8. The van der Waals surface area contributed by atoms with Crippen molar-refractivity contribution in [3.8, 4) is 0 Å². The number of aromatic nitrogens is 4. The van der Waals surface area contributed by atoms with E-state index in [0.29, 0.717) is 24.0 Å². The number of aryl methyl sites for hydroxylation is 2. The standard InChI is InChI=1S/C13H17BrN4O3/c1-8(19)4-5-9(14)6-18-12(20)10-11(15-7-16(10)2)17(3)13(18)21/h7,9H,4-6H2,1-3H3. The lowest BCUT2D eigenvalue weighted by molar-refractivity contribution is -0.117. The average Bonchev–Trinajstić information content (AvgIpc) is 2.81. The molecule has 0 aromatic carbocycles. The van der Waals surface area contributed by atoms with Gasteiger partial charge in [0.25, 0.3) is 5.56 Å². The highest BCUT2D eigenvalue weighted by Crippen LogP contribution is 2.10. The molecule has 0 saturated carbocycles. The van der Waals surface area contributed by atoms with Gasteiger partial charge in [-0.1, -0.05) is 15.9 Å². The summed E-state index contributed by atoms with van der Waals surface area (Å²) in [6.07, 6.45) is 2.50. The SMILES string of the molecule is CC(=O)CCC(Br)Cn1c(=O)c2c(ncn2C)n(C)c1=O. The van der Waals surface area contributed by atoms with E-state index in [0.717, 1.165) is 0 Å². The van der Waals surface area contributed by atoms with Crippen LogP contribution in [0, 0.1) is 0 Å². The predicted molar refractivity (Wildman–Crippen MR) is 82.8 cm³/mol. The molecule has 2 aromatic rings. The molecule has 7 nitrogen and oxygen atoms in total. The molecule has 1 atom stereocenters. The molecule has 0 aliphatic rings. The molecule has 0 aliphatic carbocycles. The first kappa shape index (κ1) is 15.7. The molecule has 114 valence electrons.